The average Bonchev–Trinajstić information content (AvgIpc) is 2.89. The molecule has 184 valence electrons. The number of amides is 2. The lowest BCUT2D eigenvalue weighted by Crippen LogP contribution is -2.52. The summed E-state index contributed by atoms with van der Waals surface area (Å²) >= 11 is 0. The Morgan fingerprint density at radius 2 is 1.60 bits per heavy atom. The van der Waals surface area contributed by atoms with Gasteiger partial charge in [-0.15, -0.1) is 0 Å². The van der Waals surface area contributed by atoms with E-state index < -0.39 is 18.0 Å². The zero-order valence-electron chi connectivity index (χ0n) is 19.9. The van der Waals surface area contributed by atoms with Crippen molar-refractivity contribution < 1.29 is 14.3 Å². The number of nitrogens with one attached hydrogen (secondary N) is 2. The first-order valence-electron chi connectivity index (χ1n) is 11.7. The molecule has 8 nitrogen and oxygen atoms in total. The van der Waals surface area contributed by atoms with Gasteiger partial charge in [0.2, 0.25) is 11.8 Å². The van der Waals surface area contributed by atoms with Crippen LogP contribution in [0.4, 0.5) is 0 Å². The largest absolute Gasteiger partial charge is 0.494 e. The summed E-state index contributed by atoms with van der Waals surface area (Å²) in [5.41, 5.74) is 15.5. The summed E-state index contributed by atoms with van der Waals surface area (Å²) in [6, 6.07) is 17.2. The van der Waals surface area contributed by atoms with Gasteiger partial charge in [0, 0.05) is 31.9 Å². The minimum atomic E-state index is -0.805. The van der Waals surface area contributed by atoms with Crippen LogP contribution in [0.3, 0.4) is 0 Å². The molecule has 0 aliphatic rings. The van der Waals surface area contributed by atoms with Crippen molar-refractivity contribution in [1.82, 2.24) is 15.6 Å². The zero-order chi connectivity index (χ0) is 25.0. The zero-order valence-corrected chi connectivity index (χ0v) is 19.9. The molecule has 3 aromatic rings. The maximum absolute atomic E-state index is 13.0. The number of carbonyl (C=O) groups is 2. The Labute approximate surface area is 206 Å². The molecule has 0 aliphatic heterocycles. The summed E-state index contributed by atoms with van der Waals surface area (Å²) in [4.78, 5) is 30.0. The van der Waals surface area contributed by atoms with Crippen LogP contribution in [0.1, 0.15) is 29.2 Å². The topological polar surface area (TPSA) is 132 Å². The van der Waals surface area contributed by atoms with Crippen LogP contribution in [0.25, 0.3) is 0 Å². The first-order chi connectivity index (χ1) is 17.0. The van der Waals surface area contributed by atoms with Crippen LogP contribution in [-0.4, -0.2) is 35.5 Å². The van der Waals surface area contributed by atoms with Crippen molar-refractivity contribution >= 4 is 11.8 Å². The molecule has 2 amide bonds. The lowest BCUT2D eigenvalue weighted by Gasteiger charge is -2.21. The Morgan fingerprint density at radius 3 is 2.23 bits per heavy atom. The molecule has 0 bridgehead atoms. The van der Waals surface area contributed by atoms with Crippen molar-refractivity contribution in [3.8, 4) is 5.75 Å². The third-order valence-electron chi connectivity index (χ3n) is 5.55. The highest BCUT2D eigenvalue weighted by molar-refractivity contribution is 5.90. The van der Waals surface area contributed by atoms with Crippen LogP contribution in [0, 0.1) is 0 Å². The normalized spacial score (nSPS) is 12.4. The Morgan fingerprint density at radius 1 is 0.914 bits per heavy atom. The molecule has 2 atom stereocenters. The number of nitrogens with zero attached hydrogens (tertiary/aromatic N) is 1. The third kappa shape index (κ3) is 8.20. The lowest BCUT2D eigenvalue weighted by atomic mass is 10.0. The summed E-state index contributed by atoms with van der Waals surface area (Å²) in [5.74, 6) is 0.0775. The standard InChI is InChI=1S/C27H33N5O3/c1-2-35-23-11-9-19(10-12-23)14-24(29)26(33)32-25(15-22-4-3-13-30-17-22)27(34)31-18-21-7-5-20(16-28)6-8-21/h3-13,17,24-25H,2,14-16,18,28-29H2,1H3,(H,31,34)(H,32,33)/t24-,25+/m1/s1. The van der Waals surface area contributed by atoms with Crippen LogP contribution in [0.15, 0.2) is 73.1 Å². The van der Waals surface area contributed by atoms with Crippen molar-refractivity contribution in [2.24, 2.45) is 11.5 Å². The third-order valence-corrected chi connectivity index (χ3v) is 5.55. The van der Waals surface area contributed by atoms with E-state index in [0.717, 1.165) is 28.0 Å². The Bertz CT molecular complexity index is 1070. The van der Waals surface area contributed by atoms with E-state index in [1.54, 1.807) is 18.5 Å². The van der Waals surface area contributed by atoms with Gasteiger partial charge in [0.25, 0.3) is 0 Å². The highest BCUT2D eigenvalue weighted by Gasteiger charge is 2.24. The van der Waals surface area contributed by atoms with Crippen molar-refractivity contribution in [2.75, 3.05) is 6.61 Å². The first-order valence-corrected chi connectivity index (χ1v) is 11.7. The maximum atomic E-state index is 13.0. The van der Waals surface area contributed by atoms with Gasteiger partial charge in [-0.1, -0.05) is 42.5 Å². The molecule has 0 saturated carbocycles. The number of nitrogens with two attached hydrogens (primary N) is 2. The Kier molecular flexibility index (Phi) is 9.77. The van der Waals surface area contributed by atoms with E-state index >= 15 is 0 Å². The molecule has 2 aromatic carbocycles. The molecule has 0 unspecified atom stereocenters. The molecule has 1 heterocycles. The molecule has 0 aliphatic carbocycles. The molecule has 0 fully saturated rings. The fourth-order valence-corrected chi connectivity index (χ4v) is 3.58. The summed E-state index contributed by atoms with van der Waals surface area (Å²) in [5, 5.41) is 5.74. The van der Waals surface area contributed by atoms with Crippen molar-refractivity contribution in [3.05, 3.63) is 95.3 Å². The van der Waals surface area contributed by atoms with Crippen molar-refractivity contribution in [3.63, 3.8) is 0 Å². The highest BCUT2D eigenvalue weighted by atomic mass is 16.5. The molecule has 8 heteroatoms. The second kappa shape index (κ2) is 13.2. The van der Waals surface area contributed by atoms with Gasteiger partial charge in [0.05, 0.1) is 12.6 Å². The predicted octanol–water partition coefficient (Wildman–Crippen LogP) is 1.85. The molecule has 0 radical (unpaired) electrons. The number of hydrogen-bond donors (Lipinski definition) is 4. The van der Waals surface area contributed by atoms with Crippen molar-refractivity contribution in [2.45, 2.75) is 44.9 Å². The molecule has 0 spiro atoms. The number of rotatable bonds is 12. The van der Waals surface area contributed by atoms with E-state index in [4.69, 9.17) is 16.2 Å². The van der Waals surface area contributed by atoms with E-state index in [1.807, 2.05) is 61.5 Å². The van der Waals surface area contributed by atoms with Crippen LogP contribution >= 0.6 is 0 Å². The van der Waals surface area contributed by atoms with Crippen LogP contribution in [0.2, 0.25) is 0 Å². The number of benzene rings is 2. The quantitative estimate of drug-likeness (QED) is 0.316. The van der Waals surface area contributed by atoms with E-state index in [2.05, 4.69) is 15.6 Å². The van der Waals surface area contributed by atoms with Crippen LogP contribution in [0.5, 0.6) is 5.75 Å². The predicted molar refractivity (Wildman–Crippen MR) is 135 cm³/mol. The fourth-order valence-electron chi connectivity index (χ4n) is 3.58. The average molecular weight is 476 g/mol. The van der Waals surface area contributed by atoms with Gasteiger partial charge in [-0.05, 0) is 53.8 Å². The minimum absolute atomic E-state index is 0.293. The van der Waals surface area contributed by atoms with Gasteiger partial charge >= 0.3 is 0 Å². The molecule has 0 saturated heterocycles. The monoisotopic (exact) mass is 475 g/mol. The number of ether oxygens (including phenoxy) is 1. The Hall–Kier alpha value is -3.75. The maximum Gasteiger partial charge on any atom is 0.243 e. The second-order valence-electron chi connectivity index (χ2n) is 8.25. The molecular weight excluding hydrogens is 442 g/mol. The van der Waals surface area contributed by atoms with E-state index in [9.17, 15) is 9.59 Å². The van der Waals surface area contributed by atoms with Gasteiger partial charge < -0.3 is 26.8 Å². The van der Waals surface area contributed by atoms with E-state index in [0.29, 0.717) is 32.5 Å². The molecule has 35 heavy (non-hydrogen) atoms. The number of carbonyl (C=O) groups excluding carboxylic acids is 2. The molecule has 1 aromatic heterocycles. The summed E-state index contributed by atoms with van der Waals surface area (Å²) in [7, 11) is 0. The summed E-state index contributed by atoms with van der Waals surface area (Å²) in [6.07, 6.45) is 3.98. The minimum Gasteiger partial charge on any atom is -0.494 e. The van der Waals surface area contributed by atoms with Crippen molar-refractivity contribution in [1.29, 1.82) is 0 Å². The van der Waals surface area contributed by atoms with E-state index in [1.165, 1.54) is 0 Å². The highest BCUT2D eigenvalue weighted by Crippen LogP contribution is 2.13. The summed E-state index contributed by atoms with van der Waals surface area (Å²) < 4.78 is 5.45. The first kappa shape index (κ1) is 25.9. The summed E-state index contributed by atoms with van der Waals surface area (Å²) in [6.45, 7) is 3.30. The number of aromatic nitrogens is 1. The SMILES string of the molecule is CCOc1ccc(C[C@@H](N)C(=O)N[C@@H](Cc2cccnc2)C(=O)NCc2ccc(CN)cc2)cc1. The van der Waals surface area contributed by atoms with E-state index in [-0.39, 0.29) is 5.91 Å². The van der Waals surface area contributed by atoms with Gasteiger partial charge in [-0.2, -0.15) is 0 Å². The van der Waals surface area contributed by atoms with Gasteiger partial charge in [0.15, 0.2) is 0 Å². The van der Waals surface area contributed by atoms with Crippen LogP contribution in [-0.2, 0) is 35.5 Å². The smallest absolute Gasteiger partial charge is 0.243 e. The lowest BCUT2D eigenvalue weighted by molar-refractivity contribution is -0.129. The Balaban J connectivity index is 1.63. The van der Waals surface area contributed by atoms with Gasteiger partial charge in [-0.3, -0.25) is 14.6 Å². The number of pyridine rings is 1. The molecular formula is C27H33N5O3. The number of hydrogen-bond acceptors (Lipinski definition) is 6. The van der Waals surface area contributed by atoms with Gasteiger partial charge in [-0.25, -0.2) is 0 Å². The molecule has 6 N–H and O–H groups in total. The van der Waals surface area contributed by atoms with Crippen LogP contribution < -0.4 is 26.8 Å². The fraction of sp³-hybridized carbons (Fsp3) is 0.296. The molecule has 3 rings (SSSR count). The van der Waals surface area contributed by atoms with Gasteiger partial charge in [0.1, 0.15) is 11.8 Å². The second-order valence-corrected chi connectivity index (χ2v) is 8.25.